The van der Waals surface area contributed by atoms with Gasteiger partial charge in [0.15, 0.2) is 0 Å². The fraction of sp³-hybridized carbons (Fsp3) is 0.0545. The standard InChI is InChI=1S/C55H40N2O/c1-55(2)49-35-43(56(42-28-26-38(27-29-42)37-16-6-3-7-17-37)44-30-32-47-46-24-14-15-25-51(46)58-52(47)36-44)31-33-48(49)53-50(55)34-39-18-12-13-23-45(39)54(53)57(40-19-8-4-9-20-40)41-21-10-5-11-22-41/h3-36H,1-2H3. The van der Waals surface area contributed by atoms with Crippen LogP contribution in [0.2, 0.25) is 0 Å². The highest BCUT2D eigenvalue weighted by Gasteiger charge is 2.40. The summed E-state index contributed by atoms with van der Waals surface area (Å²) in [6.45, 7) is 4.77. The molecule has 0 spiro atoms. The van der Waals surface area contributed by atoms with E-state index in [0.717, 1.165) is 50.4 Å². The molecule has 0 aliphatic heterocycles. The summed E-state index contributed by atoms with van der Waals surface area (Å²) in [5.74, 6) is 0. The Morgan fingerprint density at radius 3 is 1.64 bits per heavy atom. The van der Waals surface area contributed by atoms with Crippen LogP contribution in [0.1, 0.15) is 25.0 Å². The van der Waals surface area contributed by atoms with Gasteiger partial charge in [0.25, 0.3) is 0 Å². The molecule has 3 heteroatoms. The molecule has 0 unspecified atom stereocenters. The molecule has 11 rings (SSSR count). The molecule has 9 aromatic carbocycles. The van der Waals surface area contributed by atoms with Crippen LogP contribution < -0.4 is 9.80 Å². The van der Waals surface area contributed by atoms with E-state index in [0.29, 0.717) is 0 Å². The monoisotopic (exact) mass is 744 g/mol. The molecule has 0 bridgehead atoms. The topological polar surface area (TPSA) is 19.6 Å². The lowest BCUT2D eigenvalue weighted by Crippen LogP contribution is -2.17. The Kier molecular flexibility index (Phi) is 7.84. The molecule has 276 valence electrons. The van der Waals surface area contributed by atoms with Crippen LogP contribution in [0.15, 0.2) is 211 Å². The van der Waals surface area contributed by atoms with Gasteiger partial charge in [0.2, 0.25) is 0 Å². The predicted molar refractivity (Wildman–Crippen MR) is 244 cm³/mol. The van der Waals surface area contributed by atoms with E-state index in [1.807, 2.05) is 12.1 Å². The van der Waals surface area contributed by atoms with Crippen LogP contribution in [-0.4, -0.2) is 0 Å². The minimum absolute atomic E-state index is 0.288. The highest BCUT2D eigenvalue weighted by molar-refractivity contribution is 6.10. The zero-order chi connectivity index (χ0) is 38.8. The first-order chi connectivity index (χ1) is 28.5. The average molecular weight is 745 g/mol. The van der Waals surface area contributed by atoms with E-state index < -0.39 is 0 Å². The molecule has 0 N–H and O–H groups in total. The van der Waals surface area contributed by atoms with Crippen molar-refractivity contribution in [2.24, 2.45) is 0 Å². The molecular weight excluding hydrogens is 705 g/mol. The molecule has 1 aromatic heterocycles. The second-order valence-corrected chi connectivity index (χ2v) is 15.8. The Morgan fingerprint density at radius 2 is 0.914 bits per heavy atom. The highest BCUT2D eigenvalue weighted by Crippen LogP contribution is 2.57. The van der Waals surface area contributed by atoms with Crippen LogP contribution in [0.5, 0.6) is 0 Å². The Labute approximate surface area is 338 Å². The lowest BCUT2D eigenvalue weighted by atomic mass is 9.81. The number of nitrogens with zero attached hydrogens (tertiary/aromatic N) is 2. The minimum Gasteiger partial charge on any atom is -0.456 e. The van der Waals surface area contributed by atoms with Crippen molar-refractivity contribution in [2.75, 3.05) is 9.80 Å². The van der Waals surface area contributed by atoms with Gasteiger partial charge in [-0.2, -0.15) is 0 Å². The van der Waals surface area contributed by atoms with Crippen LogP contribution in [0.4, 0.5) is 34.1 Å². The van der Waals surface area contributed by atoms with Crippen molar-refractivity contribution in [2.45, 2.75) is 19.3 Å². The van der Waals surface area contributed by atoms with Crippen molar-refractivity contribution in [1.29, 1.82) is 0 Å². The SMILES string of the molecule is CC1(C)c2cc(N(c3ccc(-c4ccccc4)cc3)c3ccc4c(c3)oc3ccccc34)ccc2-c2c1cc1ccccc1c2N(c1ccccc1)c1ccccc1. The van der Waals surface area contributed by atoms with Gasteiger partial charge in [-0.05, 0) is 106 Å². The van der Waals surface area contributed by atoms with E-state index >= 15 is 0 Å². The minimum atomic E-state index is -0.288. The molecule has 0 saturated carbocycles. The summed E-state index contributed by atoms with van der Waals surface area (Å²) in [6.07, 6.45) is 0. The second-order valence-electron chi connectivity index (χ2n) is 15.8. The van der Waals surface area contributed by atoms with Crippen molar-refractivity contribution in [1.82, 2.24) is 0 Å². The quantitative estimate of drug-likeness (QED) is 0.162. The van der Waals surface area contributed by atoms with Crippen molar-refractivity contribution in [3.05, 3.63) is 217 Å². The summed E-state index contributed by atoms with van der Waals surface area (Å²) in [7, 11) is 0. The maximum atomic E-state index is 6.46. The van der Waals surface area contributed by atoms with Gasteiger partial charge >= 0.3 is 0 Å². The fourth-order valence-corrected chi connectivity index (χ4v) is 9.17. The second kappa shape index (κ2) is 13.4. The fourth-order valence-electron chi connectivity index (χ4n) is 9.17. The molecule has 0 amide bonds. The highest BCUT2D eigenvalue weighted by atomic mass is 16.3. The van der Waals surface area contributed by atoms with Crippen molar-refractivity contribution in [3.63, 3.8) is 0 Å². The normalized spacial score (nSPS) is 12.8. The smallest absolute Gasteiger partial charge is 0.137 e. The Balaban J connectivity index is 1.12. The van der Waals surface area contributed by atoms with Gasteiger partial charge in [0.05, 0.1) is 5.69 Å². The molecule has 0 saturated heterocycles. The van der Waals surface area contributed by atoms with Crippen LogP contribution in [0, 0.1) is 0 Å². The van der Waals surface area contributed by atoms with E-state index in [9.17, 15) is 0 Å². The van der Waals surface area contributed by atoms with Gasteiger partial charge in [0.1, 0.15) is 11.2 Å². The predicted octanol–water partition coefficient (Wildman–Crippen LogP) is 15.7. The number of furan rings is 1. The van der Waals surface area contributed by atoms with Crippen molar-refractivity contribution < 1.29 is 4.42 Å². The third kappa shape index (κ3) is 5.43. The lowest BCUT2D eigenvalue weighted by molar-refractivity contribution is 0.661. The number of hydrogen-bond donors (Lipinski definition) is 0. The zero-order valence-electron chi connectivity index (χ0n) is 32.4. The van der Waals surface area contributed by atoms with Crippen LogP contribution in [-0.2, 0) is 5.41 Å². The van der Waals surface area contributed by atoms with Gasteiger partial charge in [0, 0.05) is 61.6 Å². The molecule has 1 aliphatic rings. The van der Waals surface area contributed by atoms with Gasteiger partial charge in [-0.1, -0.05) is 141 Å². The number of benzene rings is 9. The Bertz CT molecular complexity index is 3090. The zero-order valence-corrected chi connectivity index (χ0v) is 32.4. The molecule has 0 atom stereocenters. The molecule has 3 nitrogen and oxygen atoms in total. The summed E-state index contributed by atoms with van der Waals surface area (Å²) in [5, 5.41) is 4.70. The van der Waals surface area contributed by atoms with Crippen LogP contribution in [0.3, 0.4) is 0 Å². The van der Waals surface area contributed by atoms with Gasteiger partial charge in [-0.3, -0.25) is 0 Å². The molecule has 1 aliphatic carbocycles. The van der Waals surface area contributed by atoms with E-state index in [1.165, 1.54) is 49.8 Å². The number of fused-ring (bicyclic) bond motifs is 7. The molecule has 10 aromatic rings. The summed E-state index contributed by atoms with van der Waals surface area (Å²) < 4.78 is 6.46. The largest absolute Gasteiger partial charge is 0.456 e. The van der Waals surface area contributed by atoms with Gasteiger partial charge in [-0.15, -0.1) is 0 Å². The average Bonchev–Trinajstić information content (AvgIpc) is 3.76. The van der Waals surface area contributed by atoms with Gasteiger partial charge in [-0.25, -0.2) is 0 Å². The lowest BCUT2D eigenvalue weighted by Gasteiger charge is -2.30. The van der Waals surface area contributed by atoms with Gasteiger partial charge < -0.3 is 14.2 Å². The summed E-state index contributed by atoms with van der Waals surface area (Å²) >= 11 is 0. The molecular formula is C55H40N2O. The summed E-state index contributed by atoms with van der Waals surface area (Å²) in [6, 6.07) is 74.3. The first kappa shape index (κ1) is 33.9. The Hall–Kier alpha value is -7.36. The number of para-hydroxylation sites is 3. The van der Waals surface area contributed by atoms with E-state index in [-0.39, 0.29) is 5.41 Å². The van der Waals surface area contributed by atoms with E-state index in [4.69, 9.17) is 4.42 Å². The number of anilines is 6. The third-order valence-electron chi connectivity index (χ3n) is 12.0. The first-order valence-corrected chi connectivity index (χ1v) is 20.0. The maximum absolute atomic E-state index is 6.46. The molecule has 0 radical (unpaired) electrons. The third-order valence-corrected chi connectivity index (χ3v) is 12.0. The molecule has 0 fully saturated rings. The van der Waals surface area contributed by atoms with Crippen molar-refractivity contribution >= 4 is 66.8 Å². The molecule has 58 heavy (non-hydrogen) atoms. The Morgan fingerprint density at radius 1 is 0.379 bits per heavy atom. The first-order valence-electron chi connectivity index (χ1n) is 20.0. The molecule has 1 heterocycles. The number of rotatable bonds is 7. The maximum Gasteiger partial charge on any atom is 0.137 e. The number of hydrogen-bond acceptors (Lipinski definition) is 3. The van der Waals surface area contributed by atoms with E-state index in [2.05, 4.69) is 218 Å². The van der Waals surface area contributed by atoms with E-state index in [1.54, 1.807) is 0 Å². The summed E-state index contributed by atoms with van der Waals surface area (Å²) in [5.41, 5.74) is 15.7. The van der Waals surface area contributed by atoms with Crippen LogP contribution in [0.25, 0.3) is 55.0 Å². The van der Waals surface area contributed by atoms with Crippen LogP contribution >= 0.6 is 0 Å². The van der Waals surface area contributed by atoms with Crippen molar-refractivity contribution in [3.8, 4) is 22.3 Å². The summed E-state index contributed by atoms with van der Waals surface area (Å²) in [4.78, 5) is 4.82.